The average Bonchev–Trinajstić information content (AvgIpc) is 2.47. The van der Waals surface area contributed by atoms with Crippen molar-refractivity contribution < 1.29 is 9.13 Å². The summed E-state index contributed by atoms with van der Waals surface area (Å²) in [6, 6.07) is 13.8. The van der Waals surface area contributed by atoms with Gasteiger partial charge in [-0.25, -0.2) is 4.39 Å². The molecule has 0 atom stereocenters. The van der Waals surface area contributed by atoms with E-state index in [2.05, 4.69) is 0 Å². The molecule has 2 rings (SSSR count). The van der Waals surface area contributed by atoms with Crippen LogP contribution in [0.3, 0.4) is 0 Å². The highest BCUT2D eigenvalue weighted by molar-refractivity contribution is 5.34. The summed E-state index contributed by atoms with van der Waals surface area (Å²) in [7, 11) is 0. The first-order valence-corrected chi connectivity index (χ1v) is 6.33. The number of nitrogens with two attached hydrogens (primary N) is 1. The van der Waals surface area contributed by atoms with Crippen molar-refractivity contribution in [1.29, 1.82) is 5.26 Å². The molecule has 0 aliphatic carbocycles. The minimum absolute atomic E-state index is 0.0907. The van der Waals surface area contributed by atoms with Gasteiger partial charge in [-0.2, -0.15) is 5.26 Å². The van der Waals surface area contributed by atoms with Gasteiger partial charge in [-0.05, 0) is 48.9 Å². The summed E-state index contributed by atoms with van der Waals surface area (Å²) >= 11 is 0. The van der Waals surface area contributed by atoms with E-state index in [4.69, 9.17) is 15.7 Å². The summed E-state index contributed by atoms with van der Waals surface area (Å²) in [6.07, 6.45) is 0.773. The fraction of sp³-hybridized carbons (Fsp3) is 0.188. The number of halogens is 1. The van der Waals surface area contributed by atoms with Crippen molar-refractivity contribution in [2.75, 3.05) is 6.54 Å². The lowest BCUT2D eigenvalue weighted by molar-refractivity contribution is 0.299. The van der Waals surface area contributed by atoms with E-state index in [-0.39, 0.29) is 12.4 Å². The van der Waals surface area contributed by atoms with Crippen LogP contribution in [0.4, 0.5) is 4.39 Å². The van der Waals surface area contributed by atoms with Gasteiger partial charge in [-0.15, -0.1) is 0 Å². The lowest BCUT2D eigenvalue weighted by Crippen LogP contribution is -2.03. The Labute approximate surface area is 117 Å². The van der Waals surface area contributed by atoms with Gasteiger partial charge < -0.3 is 10.5 Å². The second-order valence-electron chi connectivity index (χ2n) is 4.39. The minimum atomic E-state index is -0.373. The maximum Gasteiger partial charge on any atom is 0.129 e. The summed E-state index contributed by atoms with van der Waals surface area (Å²) in [5, 5.41) is 8.81. The summed E-state index contributed by atoms with van der Waals surface area (Å²) in [6.45, 7) is 0.662. The maximum absolute atomic E-state index is 13.6. The van der Waals surface area contributed by atoms with Gasteiger partial charge in [-0.3, -0.25) is 0 Å². The molecule has 0 unspecified atom stereocenters. The Bertz CT molecular complexity index is 635. The lowest BCUT2D eigenvalue weighted by atomic mass is 10.1. The van der Waals surface area contributed by atoms with E-state index in [1.165, 1.54) is 18.2 Å². The van der Waals surface area contributed by atoms with Crippen molar-refractivity contribution >= 4 is 0 Å². The largest absolute Gasteiger partial charge is 0.489 e. The Kier molecular flexibility index (Phi) is 4.70. The van der Waals surface area contributed by atoms with Gasteiger partial charge >= 0.3 is 0 Å². The number of benzene rings is 2. The van der Waals surface area contributed by atoms with Crippen LogP contribution in [0.25, 0.3) is 0 Å². The molecule has 0 radical (unpaired) electrons. The topological polar surface area (TPSA) is 59.0 Å². The van der Waals surface area contributed by atoms with Gasteiger partial charge in [0.1, 0.15) is 18.2 Å². The van der Waals surface area contributed by atoms with E-state index in [0.717, 1.165) is 12.0 Å². The van der Waals surface area contributed by atoms with Crippen LogP contribution < -0.4 is 10.5 Å². The zero-order valence-corrected chi connectivity index (χ0v) is 11.0. The molecule has 2 aromatic carbocycles. The molecule has 0 fully saturated rings. The van der Waals surface area contributed by atoms with Gasteiger partial charge in [0.25, 0.3) is 0 Å². The number of hydrogen-bond acceptors (Lipinski definition) is 3. The van der Waals surface area contributed by atoms with Crippen molar-refractivity contribution in [2.45, 2.75) is 13.0 Å². The van der Waals surface area contributed by atoms with E-state index in [1.54, 1.807) is 0 Å². The van der Waals surface area contributed by atoms with Gasteiger partial charge in [0.05, 0.1) is 11.6 Å². The standard InChI is InChI=1S/C16H15FN2O/c17-16-5-4-13(10-19)8-14(16)11-20-15-3-1-2-12(9-15)6-7-18/h1-5,8-9H,6-7,11,18H2. The van der Waals surface area contributed by atoms with E-state index < -0.39 is 0 Å². The van der Waals surface area contributed by atoms with Gasteiger partial charge in [0.15, 0.2) is 0 Å². The third-order valence-corrected chi connectivity index (χ3v) is 2.90. The lowest BCUT2D eigenvalue weighted by Gasteiger charge is -2.09. The Morgan fingerprint density at radius 3 is 2.80 bits per heavy atom. The molecule has 3 nitrogen and oxygen atoms in total. The first kappa shape index (κ1) is 14.0. The maximum atomic E-state index is 13.6. The highest BCUT2D eigenvalue weighted by atomic mass is 19.1. The normalized spacial score (nSPS) is 10.1. The number of ether oxygens (including phenoxy) is 1. The molecular formula is C16H15FN2O. The minimum Gasteiger partial charge on any atom is -0.489 e. The van der Waals surface area contributed by atoms with Crippen molar-refractivity contribution in [3.63, 3.8) is 0 Å². The SMILES string of the molecule is N#Cc1ccc(F)c(COc2cccc(CCN)c2)c1. The molecule has 4 heteroatoms. The Hall–Kier alpha value is -2.38. The molecule has 0 heterocycles. The Balaban J connectivity index is 2.09. The molecule has 0 aromatic heterocycles. The monoisotopic (exact) mass is 270 g/mol. The quantitative estimate of drug-likeness (QED) is 0.908. The van der Waals surface area contributed by atoms with Crippen LogP contribution in [0.1, 0.15) is 16.7 Å². The first-order chi connectivity index (χ1) is 9.72. The van der Waals surface area contributed by atoms with Crippen LogP contribution in [0.5, 0.6) is 5.75 Å². The summed E-state index contributed by atoms with van der Waals surface area (Å²) in [5.41, 5.74) is 7.37. The number of hydrogen-bond donors (Lipinski definition) is 1. The highest BCUT2D eigenvalue weighted by Gasteiger charge is 2.05. The zero-order chi connectivity index (χ0) is 14.4. The van der Waals surface area contributed by atoms with Crippen molar-refractivity contribution in [1.82, 2.24) is 0 Å². The number of nitrogens with zero attached hydrogens (tertiary/aromatic N) is 1. The third-order valence-electron chi connectivity index (χ3n) is 2.90. The van der Waals surface area contributed by atoms with Crippen molar-refractivity contribution in [2.24, 2.45) is 5.73 Å². The number of nitriles is 1. The molecule has 0 saturated heterocycles. The summed E-state index contributed by atoms with van der Waals surface area (Å²) < 4.78 is 19.2. The molecule has 0 saturated carbocycles. The van der Waals surface area contributed by atoms with Crippen LogP contribution in [0.15, 0.2) is 42.5 Å². The van der Waals surface area contributed by atoms with E-state index >= 15 is 0 Å². The van der Waals surface area contributed by atoms with Gasteiger partial charge in [-0.1, -0.05) is 12.1 Å². The molecule has 0 amide bonds. The van der Waals surface area contributed by atoms with E-state index in [9.17, 15) is 4.39 Å². The summed E-state index contributed by atoms with van der Waals surface area (Å²) in [4.78, 5) is 0. The number of rotatable bonds is 5. The molecule has 0 aliphatic rings. The Morgan fingerprint density at radius 1 is 1.20 bits per heavy atom. The molecule has 0 bridgehead atoms. The molecular weight excluding hydrogens is 255 g/mol. The summed E-state index contributed by atoms with van der Waals surface area (Å²) in [5.74, 6) is 0.292. The average molecular weight is 270 g/mol. The molecule has 0 spiro atoms. The van der Waals surface area contributed by atoms with Crippen LogP contribution in [-0.4, -0.2) is 6.54 Å². The first-order valence-electron chi connectivity index (χ1n) is 6.33. The zero-order valence-electron chi connectivity index (χ0n) is 11.0. The van der Waals surface area contributed by atoms with Crippen LogP contribution >= 0.6 is 0 Å². The third kappa shape index (κ3) is 3.56. The van der Waals surface area contributed by atoms with Crippen molar-refractivity contribution in [3.05, 3.63) is 65.0 Å². The molecule has 102 valence electrons. The van der Waals surface area contributed by atoms with Crippen LogP contribution in [0.2, 0.25) is 0 Å². The van der Waals surface area contributed by atoms with Gasteiger partial charge in [0.2, 0.25) is 0 Å². The predicted octanol–water partition coefficient (Wildman–Crippen LogP) is 2.78. The smallest absolute Gasteiger partial charge is 0.129 e. The molecule has 20 heavy (non-hydrogen) atoms. The van der Waals surface area contributed by atoms with Crippen LogP contribution in [-0.2, 0) is 13.0 Å². The van der Waals surface area contributed by atoms with E-state index in [1.807, 2.05) is 30.3 Å². The van der Waals surface area contributed by atoms with E-state index in [0.29, 0.717) is 23.4 Å². The fourth-order valence-electron chi connectivity index (χ4n) is 1.87. The second-order valence-corrected chi connectivity index (χ2v) is 4.39. The van der Waals surface area contributed by atoms with Crippen molar-refractivity contribution in [3.8, 4) is 11.8 Å². The molecule has 2 aromatic rings. The predicted molar refractivity (Wildman–Crippen MR) is 74.6 cm³/mol. The molecule has 0 aliphatic heterocycles. The molecule has 2 N–H and O–H groups in total. The Morgan fingerprint density at radius 2 is 2.05 bits per heavy atom. The highest BCUT2D eigenvalue weighted by Crippen LogP contribution is 2.17. The second kappa shape index (κ2) is 6.69. The van der Waals surface area contributed by atoms with Crippen LogP contribution in [0, 0.1) is 17.1 Å². The van der Waals surface area contributed by atoms with Gasteiger partial charge in [0, 0.05) is 5.56 Å². The fourth-order valence-corrected chi connectivity index (χ4v) is 1.87.